The van der Waals surface area contributed by atoms with Gasteiger partial charge in [0.2, 0.25) is 0 Å². The zero-order valence-corrected chi connectivity index (χ0v) is 11.2. The van der Waals surface area contributed by atoms with E-state index in [-0.39, 0.29) is 5.69 Å². The number of carboxylic acid groups (broad SMARTS) is 1. The number of hydrogen-bond acceptors (Lipinski definition) is 5. The predicted molar refractivity (Wildman–Crippen MR) is 72.5 cm³/mol. The maximum Gasteiger partial charge on any atom is 0.358 e. The standard InChI is InChI=1S/C13H12N6O2/c1-18-7-9(6-15-18)8-19-12(10-2-4-14-5-3-10)11(13(20)21)16-17-19/h2-7H,8H2,1H3,(H,20,21). The van der Waals surface area contributed by atoms with E-state index in [0.717, 1.165) is 5.56 Å². The normalized spacial score (nSPS) is 10.7. The molecule has 0 unspecified atom stereocenters. The Morgan fingerprint density at radius 3 is 2.71 bits per heavy atom. The Bertz CT molecular complexity index is 777. The predicted octanol–water partition coefficient (Wildman–Crippen LogP) is 0.820. The Hall–Kier alpha value is -3.03. The number of pyridine rings is 1. The number of carbonyl (C=O) groups is 1. The van der Waals surface area contributed by atoms with Crippen molar-refractivity contribution in [3.8, 4) is 11.3 Å². The van der Waals surface area contributed by atoms with Crippen molar-refractivity contribution in [2.45, 2.75) is 6.54 Å². The lowest BCUT2D eigenvalue weighted by Gasteiger charge is -2.05. The first-order chi connectivity index (χ1) is 10.1. The number of hydrogen-bond donors (Lipinski definition) is 1. The maximum atomic E-state index is 11.3. The molecule has 3 rings (SSSR count). The first kappa shape index (κ1) is 13.0. The molecule has 0 radical (unpaired) electrons. The van der Waals surface area contributed by atoms with E-state index in [1.54, 1.807) is 40.1 Å². The molecule has 21 heavy (non-hydrogen) atoms. The van der Waals surface area contributed by atoms with E-state index >= 15 is 0 Å². The van der Waals surface area contributed by atoms with Crippen molar-refractivity contribution in [1.82, 2.24) is 29.8 Å². The van der Waals surface area contributed by atoms with Crippen LogP contribution in [-0.4, -0.2) is 40.8 Å². The van der Waals surface area contributed by atoms with Gasteiger partial charge in [-0.1, -0.05) is 5.21 Å². The van der Waals surface area contributed by atoms with Gasteiger partial charge in [-0.15, -0.1) is 5.10 Å². The van der Waals surface area contributed by atoms with Crippen LogP contribution < -0.4 is 0 Å². The van der Waals surface area contributed by atoms with Crippen LogP contribution in [-0.2, 0) is 13.6 Å². The molecule has 0 aliphatic carbocycles. The van der Waals surface area contributed by atoms with E-state index in [1.807, 2.05) is 13.2 Å². The number of nitrogens with zero attached hydrogens (tertiary/aromatic N) is 6. The van der Waals surface area contributed by atoms with Gasteiger partial charge in [0.25, 0.3) is 0 Å². The highest BCUT2D eigenvalue weighted by Crippen LogP contribution is 2.22. The highest BCUT2D eigenvalue weighted by atomic mass is 16.4. The van der Waals surface area contributed by atoms with Gasteiger partial charge in [-0.3, -0.25) is 9.67 Å². The highest BCUT2D eigenvalue weighted by molar-refractivity contribution is 5.92. The van der Waals surface area contributed by atoms with Crippen LogP contribution in [0.5, 0.6) is 0 Å². The summed E-state index contributed by atoms with van der Waals surface area (Å²) in [5.41, 5.74) is 1.99. The third-order valence-electron chi connectivity index (χ3n) is 2.98. The highest BCUT2D eigenvalue weighted by Gasteiger charge is 2.20. The van der Waals surface area contributed by atoms with Crippen molar-refractivity contribution in [2.75, 3.05) is 0 Å². The summed E-state index contributed by atoms with van der Waals surface area (Å²) in [5, 5.41) is 21.1. The van der Waals surface area contributed by atoms with E-state index in [2.05, 4.69) is 20.4 Å². The molecule has 0 aromatic carbocycles. The van der Waals surface area contributed by atoms with Gasteiger partial charge in [-0.05, 0) is 12.1 Å². The number of rotatable bonds is 4. The van der Waals surface area contributed by atoms with Gasteiger partial charge in [0, 0.05) is 36.8 Å². The first-order valence-electron chi connectivity index (χ1n) is 6.20. The van der Waals surface area contributed by atoms with E-state index in [4.69, 9.17) is 0 Å². The molecule has 3 heterocycles. The summed E-state index contributed by atoms with van der Waals surface area (Å²) in [4.78, 5) is 15.3. The molecule has 0 aliphatic heterocycles. The summed E-state index contributed by atoms with van der Waals surface area (Å²) in [7, 11) is 1.82. The van der Waals surface area contributed by atoms with Crippen molar-refractivity contribution in [3.63, 3.8) is 0 Å². The Morgan fingerprint density at radius 2 is 2.10 bits per heavy atom. The molecule has 0 bridgehead atoms. The van der Waals surface area contributed by atoms with Gasteiger partial charge in [0.15, 0.2) is 5.69 Å². The van der Waals surface area contributed by atoms with Crippen molar-refractivity contribution >= 4 is 5.97 Å². The number of carboxylic acids is 1. The van der Waals surface area contributed by atoms with Gasteiger partial charge in [0.1, 0.15) is 5.69 Å². The fourth-order valence-electron chi connectivity index (χ4n) is 2.09. The second-order valence-electron chi connectivity index (χ2n) is 4.51. The lowest BCUT2D eigenvalue weighted by Crippen LogP contribution is -2.05. The monoisotopic (exact) mass is 284 g/mol. The van der Waals surface area contributed by atoms with Gasteiger partial charge in [-0.25, -0.2) is 9.48 Å². The third kappa shape index (κ3) is 2.50. The van der Waals surface area contributed by atoms with Crippen LogP contribution in [0.15, 0.2) is 36.9 Å². The summed E-state index contributed by atoms with van der Waals surface area (Å²) in [6, 6.07) is 3.45. The van der Waals surface area contributed by atoms with Gasteiger partial charge < -0.3 is 5.11 Å². The van der Waals surface area contributed by atoms with Crippen LogP contribution in [0.1, 0.15) is 16.1 Å². The fourth-order valence-corrected chi connectivity index (χ4v) is 2.09. The molecule has 1 N–H and O–H groups in total. The Balaban J connectivity index is 2.07. The number of aromatic nitrogens is 6. The van der Waals surface area contributed by atoms with Crippen LogP contribution in [0.3, 0.4) is 0 Å². The van der Waals surface area contributed by atoms with Crippen molar-refractivity contribution in [1.29, 1.82) is 0 Å². The van der Waals surface area contributed by atoms with Crippen LogP contribution in [0.25, 0.3) is 11.3 Å². The van der Waals surface area contributed by atoms with Crippen LogP contribution in [0, 0.1) is 0 Å². The molecule has 106 valence electrons. The van der Waals surface area contributed by atoms with Crippen LogP contribution >= 0.6 is 0 Å². The van der Waals surface area contributed by atoms with Crippen molar-refractivity contribution < 1.29 is 9.90 Å². The topological polar surface area (TPSA) is 98.7 Å². The lowest BCUT2D eigenvalue weighted by molar-refractivity contribution is 0.0691. The maximum absolute atomic E-state index is 11.3. The van der Waals surface area contributed by atoms with Crippen molar-refractivity contribution in [3.05, 3.63) is 48.2 Å². The summed E-state index contributed by atoms with van der Waals surface area (Å²) >= 11 is 0. The van der Waals surface area contributed by atoms with E-state index in [1.165, 1.54) is 0 Å². The summed E-state index contributed by atoms with van der Waals surface area (Å²) < 4.78 is 3.23. The summed E-state index contributed by atoms with van der Waals surface area (Å²) in [6.45, 7) is 0.395. The Morgan fingerprint density at radius 1 is 1.33 bits per heavy atom. The van der Waals surface area contributed by atoms with E-state index in [9.17, 15) is 9.90 Å². The largest absolute Gasteiger partial charge is 0.476 e. The smallest absolute Gasteiger partial charge is 0.358 e. The molecule has 0 saturated carbocycles. The quantitative estimate of drug-likeness (QED) is 0.761. The summed E-state index contributed by atoms with van der Waals surface area (Å²) in [5.74, 6) is -1.11. The minimum Gasteiger partial charge on any atom is -0.476 e. The molecule has 0 spiro atoms. The second-order valence-corrected chi connectivity index (χ2v) is 4.51. The second kappa shape index (κ2) is 5.16. The first-order valence-corrected chi connectivity index (χ1v) is 6.20. The molecule has 0 aliphatic rings. The molecule has 3 aromatic rings. The zero-order chi connectivity index (χ0) is 14.8. The van der Waals surface area contributed by atoms with Crippen LogP contribution in [0.2, 0.25) is 0 Å². The SMILES string of the molecule is Cn1cc(Cn2nnc(C(=O)O)c2-c2ccncc2)cn1. The van der Waals surface area contributed by atoms with Crippen molar-refractivity contribution in [2.24, 2.45) is 7.05 Å². The van der Waals surface area contributed by atoms with E-state index < -0.39 is 5.97 Å². The molecule has 0 amide bonds. The molecular formula is C13H12N6O2. The van der Waals surface area contributed by atoms with Crippen LogP contribution in [0.4, 0.5) is 0 Å². The Labute approximate surface area is 119 Å². The Kier molecular flexibility index (Phi) is 3.19. The van der Waals surface area contributed by atoms with Gasteiger partial charge >= 0.3 is 5.97 Å². The molecule has 0 saturated heterocycles. The minimum absolute atomic E-state index is 0.0786. The third-order valence-corrected chi connectivity index (χ3v) is 2.98. The number of aryl methyl sites for hydroxylation is 1. The average Bonchev–Trinajstić information content (AvgIpc) is 3.07. The molecule has 0 fully saturated rings. The lowest BCUT2D eigenvalue weighted by atomic mass is 10.1. The van der Waals surface area contributed by atoms with Gasteiger partial charge in [-0.2, -0.15) is 5.10 Å². The average molecular weight is 284 g/mol. The van der Waals surface area contributed by atoms with E-state index in [0.29, 0.717) is 17.8 Å². The zero-order valence-electron chi connectivity index (χ0n) is 11.2. The fraction of sp³-hybridized carbons (Fsp3) is 0.154. The molecule has 0 atom stereocenters. The van der Waals surface area contributed by atoms with Gasteiger partial charge in [0.05, 0.1) is 12.7 Å². The molecule has 8 nitrogen and oxygen atoms in total. The molecular weight excluding hydrogens is 272 g/mol. The molecule has 8 heteroatoms. The number of aromatic carboxylic acids is 1. The minimum atomic E-state index is -1.11. The summed E-state index contributed by atoms with van der Waals surface area (Å²) in [6.07, 6.45) is 6.75. The molecule has 3 aromatic heterocycles.